The number of hydrogen-bond acceptors (Lipinski definition) is 1. The van der Waals surface area contributed by atoms with Crippen molar-refractivity contribution in [3.8, 4) is 0 Å². The molecule has 1 heterocycles. The summed E-state index contributed by atoms with van der Waals surface area (Å²) >= 11 is 2.69. The van der Waals surface area contributed by atoms with Crippen molar-refractivity contribution in [1.82, 2.24) is 4.98 Å². The van der Waals surface area contributed by atoms with Crippen LogP contribution >= 0.6 is 15.9 Å². The predicted molar refractivity (Wildman–Crippen MR) is 46.9 cm³/mol. The molecule has 0 saturated heterocycles. The highest BCUT2D eigenvalue weighted by Gasteiger charge is 2.44. The third-order valence-electron chi connectivity index (χ3n) is 1.76. The molecule has 0 spiro atoms. The predicted octanol–water partition coefficient (Wildman–Crippen LogP) is 4.01. The molecule has 0 bridgehead atoms. The van der Waals surface area contributed by atoms with Gasteiger partial charge in [0.1, 0.15) is 0 Å². The van der Waals surface area contributed by atoms with Gasteiger partial charge in [-0.3, -0.25) is 4.98 Å². The van der Waals surface area contributed by atoms with Gasteiger partial charge in [-0.1, -0.05) is 15.9 Å². The van der Waals surface area contributed by atoms with Crippen molar-refractivity contribution in [1.29, 1.82) is 0 Å². The second-order valence-corrected chi connectivity index (χ2v) is 3.41. The van der Waals surface area contributed by atoms with E-state index in [-0.39, 0.29) is 11.5 Å². The number of rotatable bonds is 1. The van der Waals surface area contributed by atoms with Crippen LogP contribution in [0.25, 0.3) is 0 Å². The largest absolute Gasteiger partial charge is 0.418 e. The first-order valence-corrected chi connectivity index (χ1v) is 4.97. The first-order valence-electron chi connectivity index (χ1n) is 3.85. The van der Waals surface area contributed by atoms with Crippen molar-refractivity contribution in [3.05, 3.63) is 29.1 Å². The van der Waals surface area contributed by atoms with Gasteiger partial charge in [0, 0.05) is 17.7 Å². The standard InChI is InChI=1S/C8H4BrF6N/c9-1-4-2-16-3-5(7(10,11)12)6(4)8(13,14)15/h2-3H,1H2. The van der Waals surface area contributed by atoms with Crippen molar-refractivity contribution >= 4 is 15.9 Å². The maximum absolute atomic E-state index is 12.5. The van der Waals surface area contributed by atoms with Crippen molar-refractivity contribution in [3.63, 3.8) is 0 Å². The normalized spacial score (nSPS) is 12.9. The lowest BCUT2D eigenvalue weighted by atomic mass is 10.0. The van der Waals surface area contributed by atoms with Crippen LogP contribution in [0.5, 0.6) is 0 Å². The van der Waals surface area contributed by atoms with E-state index in [1.165, 1.54) is 0 Å². The average Bonchev–Trinajstić information content (AvgIpc) is 2.13. The van der Waals surface area contributed by atoms with Crippen LogP contribution in [0.15, 0.2) is 12.4 Å². The van der Waals surface area contributed by atoms with Gasteiger partial charge in [0.2, 0.25) is 0 Å². The first kappa shape index (κ1) is 13.3. The van der Waals surface area contributed by atoms with E-state index in [0.717, 1.165) is 6.20 Å². The molecule has 0 aliphatic carbocycles. The Bertz CT molecular complexity index is 383. The highest BCUT2D eigenvalue weighted by molar-refractivity contribution is 9.08. The van der Waals surface area contributed by atoms with Gasteiger partial charge in [-0.2, -0.15) is 26.3 Å². The Kier molecular flexibility index (Phi) is 3.51. The Hall–Kier alpha value is -0.790. The fourth-order valence-electron chi connectivity index (χ4n) is 1.15. The second kappa shape index (κ2) is 4.23. The van der Waals surface area contributed by atoms with Crippen molar-refractivity contribution in [2.45, 2.75) is 17.7 Å². The fraction of sp³-hybridized carbons (Fsp3) is 0.375. The first-order chi connectivity index (χ1) is 7.18. The molecule has 8 heteroatoms. The smallest absolute Gasteiger partial charge is 0.264 e. The summed E-state index contributed by atoms with van der Waals surface area (Å²) in [6.45, 7) is 0. The minimum Gasteiger partial charge on any atom is -0.264 e. The lowest BCUT2D eigenvalue weighted by Crippen LogP contribution is -2.19. The molecule has 1 aromatic heterocycles. The lowest BCUT2D eigenvalue weighted by Gasteiger charge is -2.17. The van der Waals surface area contributed by atoms with E-state index in [1.54, 1.807) is 0 Å². The number of aromatic nitrogens is 1. The monoisotopic (exact) mass is 307 g/mol. The van der Waals surface area contributed by atoms with E-state index in [2.05, 4.69) is 20.9 Å². The maximum atomic E-state index is 12.5. The molecule has 0 atom stereocenters. The summed E-state index contributed by atoms with van der Waals surface area (Å²) in [5.41, 5.74) is -3.99. The summed E-state index contributed by atoms with van der Waals surface area (Å²) in [6.07, 6.45) is -9.20. The van der Waals surface area contributed by atoms with E-state index in [1.807, 2.05) is 0 Å². The minimum atomic E-state index is -5.07. The SMILES string of the molecule is FC(F)(F)c1cncc(CBr)c1C(F)(F)F. The molecule has 1 rings (SSSR count). The zero-order valence-corrected chi connectivity index (χ0v) is 9.04. The third-order valence-corrected chi connectivity index (χ3v) is 2.36. The number of hydrogen-bond donors (Lipinski definition) is 0. The molecule has 90 valence electrons. The molecule has 0 fully saturated rings. The summed E-state index contributed by atoms with van der Waals surface area (Å²) in [5, 5.41) is -0.348. The maximum Gasteiger partial charge on any atom is 0.418 e. The molecular formula is C8H4BrF6N. The Morgan fingerprint density at radius 2 is 1.56 bits per heavy atom. The van der Waals surface area contributed by atoms with Crippen molar-refractivity contribution in [2.24, 2.45) is 0 Å². The lowest BCUT2D eigenvalue weighted by molar-refractivity contribution is -0.162. The van der Waals surface area contributed by atoms with E-state index in [4.69, 9.17) is 0 Å². The molecule has 0 aliphatic heterocycles. The average molecular weight is 308 g/mol. The van der Waals surface area contributed by atoms with E-state index in [9.17, 15) is 26.3 Å². The quantitative estimate of drug-likeness (QED) is 0.564. The molecule has 0 saturated carbocycles. The van der Waals surface area contributed by atoms with Gasteiger partial charge in [0.25, 0.3) is 0 Å². The van der Waals surface area contributed by atoms with Gasteiger partial charge in [0.15, 0.2) is 0 Å². The summed E-state index contributed by atoms with van der Waals surface area (Å²) in [6, 6.07) is 0. The van der Waals surface area contributed by atoms with Gasteiger partial charge in [0.05, 0.1) is 11.1 Å². The van der Waals surface area contributed by atoms with Gasteiger partial charge in [-0.15, -0.1) is 0 Å². The highest BCUT2D eigenvalue weighted by Crippen LogP contribution is 2.41. The van der Waals surface area contributed by atoms with Gasteiger partial charge in [-0.05, 0) is 5.56 Å². The summed E-state index contributed by atoms with van der Waals surface area (Å²) in [7, 11) is 0. The molecule has 0 N–H and O–H groups in total. The molecule has 0 radical (unpaired) electrons. The molecule has 0 aliphatic rings. The van der Waals surface area contributed by atoms with Gasteiger partial charge >= 0.3 is 12.4 Å². The van der Waals surface area contributed by atoms with Crippen LogP contribution in [0.3, 0.4) is 0 Å². The Labute approximate surface area is 94.6 Å². The van der Waals surface area contributed by atoms with Crippen LogP contribution in [-0.4, -0.2) is 4.98 Å². The zero-order chi connectivity index (χ0) is 12.6. The van der Waals surface area contributed by atoms with Crippen LogP contribution in [-0.2, 0) is 17.7 Å². The van der Waals surface area contributed by atoms with E-state index >= 15 is 0 Å². The topological polar surface area (TPSA) is 12.9 Å². The van der Waals surface area contributed by atoms with Crippen LogP contribution < -0.4 is 0 Å². The number of pyridine rings is 1. The highest BCUT2D eigenvalue weighted by atomic mass is 79.9. The van der Waals surface area contributed by atoms with E-state index < -0.39 is 29.0 Å². The molecule has 1 nitrogen and oxygen atoms in total. The molecule has 16 heavy (non-hydrogen) atoms. The molecular weight excluding hydrogens is 304 g/mol. The molecule has 0 amide bonds. The minimum absolute atomic E-state index is 0.176. The summed E-state index contributed by atoms with van der Waals surface area (Å²) in [5.74, 6) is 0. The Morgan fingerprint density at radius 1 is 1.00 bits per heavy atom. The molecule has 1 aromatic rings. The number of halogens is 7. The zero-order valence-electron chi connectivity index (χ0n) is 7.45. The fourth-order valence-corrected chi connectivity index (χ4v) is 1.58. The van der Waals surface area contributed by atoms with Crippen LogP contribution in [0.4, 0.5) is 26.3 Å². The van der Waals surface area contributed by atoms with Crippen molar-refractivity contribution in [2.75, 3.05) is 0 Å². The number of nitrogens with zero attached hydrogens (tertiary/aromatic N) is 1. The van der Waals surface area contributed by atoms with Crippen molar-refractivity contribution < 1.29 is 26.3 Å². The Balaban J connectivity index is 3.51. The number of alkyl halides is 7. The van der Waals surface area contributed by atoms with E-state index in [0.29, 0.717) is 0 Å². The summed E-state index contributed by atoms with van der Waals surface area (Å²) in [4.78, 5) is 3.15. The second-order valence-electron chi connectivity index (χ2n) is 2.85. The van der Waals surface area contributed by atoms with Gasteiger partial charge in [-0.25, -0.2) is 0 Å². The molecule has 0 unspecified atom stereocenters. The van der Waals surface area contributed by atoms with Crippen LogP contribution in [0.2, 0.25) is 0 Å². The van der Waals surface area contributed by atoms with Crippen LogP contribution in [0, 0.1) is 0 Å². The molecule has 0 aromatic carbocycles. The third kappa shape index (κ3) is 2.66. The Morgan fingerprint density at radius 3 is 1.94 bits per heavy atom. The summed E-state index contributed by atoms with van der Waals surface area (Å²) < 4.78 is 74.5. The van der Waals surface area contributed by atoms with Gasteiger partial charge < -0.3 is 0 Å². The van der Waals surface area contributed by atoms with Crippen LogP contribution in [0.1, 0.15) is 16.7 Å².